The van der Waals surface area contributed by atoms with Crippen LogP contribution >= 0.6 is 11.6 Å². The zero-order valence-electron chi connectivity index (χ0n) is 18.8. The fourth-order valence-electron chi connectivity index (χ4n) is 3.74. The molecule has 176 valence electrons. The molecule has 0 aliphatic carbocycles. The van der Waals surface area contributed by atoms with Gasteiger partial charge in [0.25, 0.3) is 0 Å². The van der Waals surface area contributed by atoms with E-state index in [0.717, 1.165) is 23.6 Å². The quantitative estimate of drug-likeness (QED) is 0.514. The summed E-state index contributed by atoms with van der Waals surface area (Å²) in [6, 6.07) is 15.9. The van der Waals surface area contributed by atoms with Gasteiger partial charge in [-0.2, -0.15) is 5.10 Å². The molecular formula is C25H30ClN3O4. The van der Waals surface area contributed by atoms with Crippen molar-refractivity contribution in [1.82, 2.24) is 14.7 Å². The summed E-state index contributed by atoms with van der Waals surface area (Å²) in [5, 5.41) is 15.9. The minimum atomic E-state index is -1.07. The molecule has 3 aromatic rings. The molecular weight excluding hydrogens is 442 g/mol. The number of benzene rings is 2. The van der Waals surface area contributed by atoms with Gasteiger partial charge in [0.1, 0.15) is 30.3 Å². The second-order valence-electron chi connectivity index (χ2n) is 8.50. The summed E-state index contributed by atoms with van der Waals surface area (Å²) in [4.78, 5) is 2.20. The third-order valence-corrected chi connectivity index (χ3v) is 5.68. The summed E-state index contributed by atoms with van der Waals surface area (Å²) in [7, 11) is 0. The highest BCUT2D eigenvalue weighted by molar-refractivity contribution is 6.30. The van der Waals surface area contributed by atoms with Crippen LogP contribution < -0.4 is 9.47 Å². The topological polar surface area (TPSA) is 69.0 Å². The van der Waals surface area contributed by atoms with E-state index in [9.17, 15) is 5.11 Å². The van der Waals surface area contributed by atoms with Gasteiger partial charge in [0.05, 0.1) is 31.0 Å². The van der Waals surface area contributed by atoms with Gasteiger partial charge in [0, 0.05) is 25.8 Å². The van der Waals surface area contributed by atoms with Gasteiger partial charge >= 0.3 is 0 Å². The van der Waals surface area contributed by atoms with Crippen molar-refractivity contribution in [2.24, 2.45) is 0 Å². The minimum absolute atomic E-state index is 0.181. The Morgan fingerprint density at radius 3 is 2.55 bits per heavy atom. The van der Waals surface area contributed by atoms with E-state index in [2.05, 4.69) is 10.00 Å². The highest BCUT2D eigenvalue weighted by Crippen LogP contribution is 2.20. The molecule has 0 bridgehead atoms. The van der Waals surface area contributed by atoms with Gasteiger partial charge in [-0.3, -0.25) is 9.58 Å². The molecule has 0 radical (unpaired) electrons. The Balaban J connectivity index is 1.27. The molecule has 1 N–H and O–H groups in total. The fourth-order valence-corrected chi connectivity index (χ4v) is 3.89. The van der Waals surface area contributed by atoms with Crippen molar-refractivity contribution in [3.8, 4) is 11.5 Å². The van der Waals surface area contributed by atoms with Crippen molar-refractivity contribution in [3.05, 3.63) is 77.1 Å². The Bertz CT molecular complexity index is 1010. The van der Waals surface area contributed by atoms with Crippen LogP contribution in [0.25, 0.3) is 0 Å². The second kappa shape index (κ2) is 11.0. The van der Waals surface area contributed by atoms with E-state index in [1.54, 1.807) is 17.1 Å². The van der Waals surface area contributed by atoms with Crippen LogP contribution in [0.1, 0.15) is 11.1 Å². The molecule has 1 fully saturated rings. The number of hydrogen-bond donors (Lipinski definition) is 1. The molecule has 0 spiro atoms. The Morgan fingerprint density at radius 2 is 1.82 bits per heavy atom. The molecule has 7 nitrogen and oxygen atoms in total. The van der Waals surface area contributed by atoms with Gasteiger partial charge in [-0.15, -0.1) is 0 Å². The number of aromatic nitrogens is 2. The van der Waals surface area contributed by atoms with Crippen molar-refractivity contribution >= 4 is 11.6 Å². The molecule has 0 amide bonds. The lowest BCUT2D eigenvalue weighted by Crippen LogP contribution is -2.48. The number of nitrogens with zero attached hydrogens (tertiary/aromatic N) is 3. The Kier molecular flexibility index (Phi) is 7.88. The average molecular weight is 472 g/mol. The average Bonchev–Trinajstić information content (AvgIpc) is 3.13. The Morgan fingerprint density at radius 1 is 1.09 bits per heavy atom. The van der Waals surface area contributed by atoms with Gasteiger partial charge in [-0.05, 0) is 36.8 Å². The minimum Gasteiger partial charge on any atom is -0.492 e. The van der Waals surface area contributed by atoms with Crippen LogP contribution in [0.3, 0.4) is 0 Å². The molecule has 1 saturated heterocycles. The maximum atomic E-state index is 11.1. The molecule has 0 saturated carbocycles. The van der Waals surface area contributed by atoms with E-state index in [0.29, 0.717) is 37.9 Å². The zero-order chi connectivity index (χ0) is 23.1. The second-order valence-corrected chi connectivity index (χ2v) is 8.94. The zero-order valence-corrected chi connectivity index (χ0v) is 19.6. The molecule has 4 rings (SSSR count). The summed E-state index contributed by atoms with van der Waals surface area (Å²) in [6.45, 7) is 6.12. The Hall–Kier alpha value is -2.58. The smallest absolute Gasteiger partial charge is 0.134 e. The number of aryl methyl sites for hydroxylation is 1. The van der Waals surface area contributed by atoms with Crippen LogP contribution in [0.5, 0.6) is 11.5 Å². The lowest BCUT2D eigenvalue weighted by atomic mass is 10.1. The van der Waals surface area contributed by atoms with E-state index in [1.807, 2.05) is 55.5 Å². The van der Waals surface area contributed by atoms with Gasteiger partial charge in [0.2, 0.25) is 0 Å². The van der Waals surface area contributed by atoms with Gasteiger partial charge in [-0.1, -0.05) is 41.4 Å². The standard InChI is InChI=1S/C25H30ClN3O4/c1-20-2-6-24(7-3-20)33-19-25(30)17-28(10-12-31-18-25)15-21-4-8-23(9-5-21)32-13-11-29-16-22(26)14-27-29/h2-9,14,16,30H,10-13,15,17-19H2,1H3/t25-/m0/s1. The third kappa shape index (κ3) is 7.20. The summed E-state index contributed by atoms with van der Waals surface area (Å²) in [5.74, 6) is 1.55. The van der Waals surface area contributed by atoms with Crippen LogP contribution in [-0.2, 0) is 17.8 Å². The fraction of sp³-hybridized carbons (Fsp3) is 0.400. The predicted octanol–water partition coefficient (Wildman–Crippen LogP) is 3.57. The normalized spacial score (nSPS) is 19.2. The highest BCUT2D eigenvalue weighted by Gasteiger charge is 2.33. The number of β-amino-alcohol motifs (C(OH)–C–C–N with tert-alkyl or cyclic N) is 1. The number of hydrogen-bond acceptors (Lipinski definition) is 6. The SMILES string of the molecule is Cc1ccc(OC[C@@]2(O)COCCN(Cc3ccc(OCCn4cc(Cl)cn4)cc3)C2)cc1. The maximum Gasteiger partial charge on any atom is 0.134 e. The van der Waals surface area contributed by atoms with Crippen molar-refractivity contribution in [2.75, 3.05) is 39.5 Å². The summed E-state index contributed by atoms with van der Waals surface area (Å²) >= 11 is 5.87. The van der Waals surface area contributed by atoms with E-state index in [-0.39, 0.29) is 13.2 Å². The molecule has 8 heteroatoms. The third-order valence-electron chi connectivity index (χ3n) is 5.49. The summed E-state index contributed by atoms with van der Waals surface area (Å²) in [6.07, 6.45) is 3.38. The maximum absolute atomic E-state index is 11.1. The van der Waals surface area contributed by atoms with E-state index in [1.165, 1.54) is 5.56 Å². The molecule has 1 aliphatic rings. The lowest BCUT2D eigenvalue weighted by molar-refractivity contribution is -0.0646. The first-order valence-corrected chi connectivity index (χ1v) is 11.5. The van der Waals surface area contributed by atoms with Crippen LogP contribution in [0.15, 0.2) is 60.9 Å². The van der Waals surface area contributed by atoms with Crippen molar-refractivity contribution in [1.29, 1.82) is 0 Å². The first kappa shape index (κ1) is 23.6. The Labute approximate surface area is 199 Å². The van der Waals surface area contributed by atoms with Crippen molar-refractivity contribution in [3.63, 3.8) is 0 Å². The van der Waals surface area contributed by atoms with Crippen LogP contribution in [-0.4, -0.2) is 64.9 Å². The molecule has 1 atom stereocenters. The van der Waals surface area contributed by atoms with Gasteiger partial charge in [0.15, 0.2) is 0 Å². The van der Waals surface area contributed by atoms with Crippen molar-refractivity contribution in [2.45, 2.75) is 25.6 Å². The lowest BCUT2D eigenvalue weighted by Gasteiger charge is -2.30. The molecule has 33 heavy (non-hydrogen) atoms. The molecule has 1 aromatic heterocycles. The summed E-state index contributed by atoms with van der Waals surface area (Å²) in [5.41, 5.74) is 1.24. The number of rotatable bonds is 9. The van der Waals surface area contributed by atoms with E-state index in [4.69, 9.17) is 25.8 Å². The summed E-state index contributed by atoms with van der Waals surface area (Å²) < 4.78 is 19.1. The number of halogens is 1. The van der Waals surface area contributed by atoms with Crippen LogP contribution in [0.2, 0.25) is 5.02 Å². The molecule has 2 aromatic carbocycles. The molecule has 1 aliphatic heterocycles. The monoisotopic (exact) mass is 471 g/mol. The highest BCUT2D eigenvalue weighted by atomic mass is 35.5. The van der Waals surface area contributed by atoms with Crippen LogP contribution in [0.4, 0.5) is 0 Å². The number of ether oxygens (including phenoxy) is 3. The van der Waals surface area contributed by atoms with Crippen molar-refractivity contribution < 1.29 is 19.3 Å². The van der Waals surface area contributed by atoms with Crippen LogP contribution in [0, 0.1) is 6.92 Å². The predicted molar refractivity (Wildman–Crippen MR) is 127 cm³/mol. The van der Waals surface area contributed by atoms with Gasteiger partial charge < -0.3 is 19.3 Å². The first-order valence-electron chi connectivity index (χ1n) is 11.1. The van der Waals surface area contributed by atoms with E-state index >= 15 is 0 Å². The largest absolute Gasteiger partial charge is 0.492 e. The first-order chi connectivity index (χ1) is 16.0. The van der Waals surface area contributed by atoms with E-state index < -0.39 is 5.60 Å². The molecule has 2 heterocycles. The number of aliphatic hydroxyl groups is 1. The molecule has 0 unspecified atom stereocenters. The van der Waals surface area contributed by atoms with Gasteiger partial charge in [-0.25, -0.2) is 0 Å².